The lowest BCUT2D eigenvalue weighted by atomic mass is 10.00. The predicted molar refractivity (Wildman–Crippen MR) is 84.0 cm³/mol. The molecule has 1 saturated heterocycles. The summed E-state index contributed by atoms with van der Waals surface area (Å²) in [6.45, 7) is 3.42. The van der Waals surface area contributed by atoms with E-state index in [9.17, 15) is 4.79 Å². The van der Waals surface area contributed by atoms with Gasteiger partial charge in [0.25, 0.3) is 5.91 Å². The van der Waals surface area contributed by atoms with E-state index in [2.05, 4.69) is 12.0 Å². The zero-order valence-electron chi connectivity index (χ0n) is 12.7. The van der Waals surface area contributed by atoms with Crippen molar-refractivity contribution in [1.82, 2.24) is 14.7 Å². The van der Waals surface area contributed by atoms with Gasteiger partial charge in [0.05, 0.1) is 17.8 Å². The Kier molecular flexibility index (Phi) is 4.52. The molecule has 1 atom stereocenters. The summed E-state index contributed by atoms with van der Waals surface area (Å²) in [6, 6.07) is 3.91. The minimum absolute atomic E-state index is 0.00343. The fraction of sp³-hybridized carbons (Fsp3) is 0.500. The molecule has 1 fully saturated rings. The van der Waals surface area contributed by atoms with E-state index < -0.39 is 0 Å². The van der Waals surface area contributed by atoms with Crippen LogP contribution in [0, 0.1) is 0 Å². The van der Waals surface area contributed by atoms with Crippen molar-refractivity contribution in [3.8, 4) is 0 Å². The molecule has 2 aromatic heterocycles. The van der Waals surface area contributed by atoms with Crippen LogP contribution in [0.4, 0.5) is 0 Å². The van der Waals surface area contributed by atoms with Gasteiger partial charge in [-0.1, -0.05) is 18.5 Å². The molecule has 1 aliphatic heterocycles. The second-order valence-electron chi connectivity index (χ2n) is 5.68. The molecule has 6 heteroatoms. The van der Waals surface area contributed by atoms with E-state index >= 15 is 0 Å². The summed E-state index contributed by atoms with van der Waals surface area (Å²) in [6.07, 6.45) is 7.65. The number of carbonyl (C=O) groups is 1. The Bertz CT molecular complexity index is 649. The van der Waals surface area contributed by atoms with Crippen LogP contribution in [0.25, 0.3) is 0 Å². The van der Waals surface area contributed by atoms with Crippen molar-refractivity contribution in [3.05, 3.63) is 41.1 Å². The first-order valence-corrected chi connectivity index (χ1v) is 8.13. The molecule has 0 saturated carbocycles. The van der Waals surface area contributed by atoms with Crippen molar-refractivity contribution < 1.29 is 9.21 Å². The van der Waals surface area contributed by atoms with Crippen molar-refractivity contribution in [1.29, 1.82) is 0 Å². The van der Waals surface area contributed by atoms with E-state index in [1.165, 1.54) is 6.42 Å². The van der Waals surface area contributed by atoms with Gasteiger partial charge in [-0.3, -0.25) is 9.48 Å². The number of aromatic nitrogens is 2. The quantitative estimate of drug-likeness (QED) is 0.864. The van der Waals surface area contributed by atoms with E-state index in [1.54, 1.807) is 23.1 Å². The van der Waals surface area contributed by atoms with Crippen LogP contribution in [0.5, 0.6) is 0 Å². The maximum Gasteiger partial charge on any atom is 0.289 e. The van der Waals surface area contributed by atoms with Crippen LogP contribution in [-0.4, -0.2) is 33.2 Å². The molecular weight excluding hydrogens is 302 g/mol. The molecule has 3 rings (SSSR count). The standard InChI is InChI=1S/C16H20ClN3O2/c1-2-13-5-3-4-8-20(13)16(21)15-7-6-14(22-15)11-19-10-12(17)9-18-19/h6-7,9-10,13H,2-5,8,11H2,1H3. The fourth-order valence-electron chi connectivity index (χ4n) is 3.00. The second kappa shape index (κ2) is 6.57. The van der Waals surface area contributed by atoms with Gasteiger partial charge in [0.1, 0.15) is 5.76 Å². The Balaban J connectivity index is 1.71. The molecule has 1 aliphatic rings. The van der Waals surface area contributed by atoms with Gasteiger partial charge >= 0.3 is 0 Å². The fourth-order valence-corrected chi connectivity index (χ4v) is 3.15. The van der Waals surface area contributed by atoms with Crippen LogP contribution in [0.15, 0.2) is 28.9 Å². The van der Waals surface area contributed by atoms with Crippen molar-refractivity contribution in [2.45, 2.75) is 45.2 Å². The van der Waals surface area contributed by atoms with Gasteiger partial charge in [-0.05, 0) is 37.8 Å². The third-order valence-corrected chi connectivity index (χ3v) is 4.35. The average Bonchev–Trinajstić information content (AvgIpc) is 3.16. The van der Waals surface area contributed by atoms with Gasteiger partial charge in [-0.2, -0.15) is 5.10 Å². The molecule has 3 heterocycles. The van der Waals surface area contributed by atoms with Crippen molar-refractivity contribution >= 4 is 17.5 Å². The van der Waals surface area contributed by atoms with Crippen molar-refractivity contribution in [2.24, 2.45) is 0 Å². The van der Waals surface area contributed by atoms with Crippen molar-refractivity contribution in [2.75, 3.05) is 6.54 Å². The number of rotatable bonds is 4. The molecule has 1 amide bonds. The first kappa shape index (κ1) is 15.2. The number of carbonyl (C=O) groups excluding carboxylic acids is 1. The molecular formula is C16H20ClN3O2. The summed E-state index contributed by atoms with van der Waals surface area (Å²) in [5.41, 5.74) is 0. The largest absolute Gasteiger partial charge is 0.454 e. The molecule has 0 aromatic carbocycles. The molecule has 0 spiro atoms. The molecule has 1 unspecified atom stereocenters. The lowest BCUT2D eigenvalue weighted by Crippen LogP contribution is -2.43. The molecule has 5 nitrogen and oxygen atoms in total. The van der Waals surface area contributed by atoms with Gasteiger partial charge in [0.15, 0.2) is 5.76 Å². The second-order valence-corrected chi connectivity index (χ2v) is 6.11. The number of piperidine rings is 1. The van der Waals surface area contributed by atoms with E-state index in [1.807, 2.05) is 11.0 Å². The third-order valence-electron chi connectivity index (χ3n) is 4.15. The van der Waals surface area contributed by atoms with Crippen LogP contribution in [0.2, 0.25) is 5.02 Å². The number of hydrogen-bond donors (Lipinski definition) is 0. The molecule has 2 aromatic rings. The minimum atomic E-state index is -0.00343. The number of nitrogens with zero attached hydrogens (tertiary/aromatic N) is 3. The Labute approximate surface area is 134 Å². The summed E-state index contributed by atoms with van der Waals surface area (Å²) in [5.74, 6) is 1.11. The van der Waals surface area contributed by atoms with Crippen LogP contribution in [0.1, 0.15) is 48.9 Å². The van der Waals surface area contributed by atoms with E-state index in [0.717, 1.165) is 25.8 Å². The summed E-state index contributed by atoms with van der Waals surface area (Å²) < 4.78 is 7.40. The van der Waals surface area contributed by atoms with Gasteiger partial charge in [0, 0.05) is 18.8 Å². The van der Waals surface area contributed by atoms with Crippen LogP contribution in [-0.2, 0) is 6.54 Å². The van der Waals surface area contributed by atoms with Gasteiger partial charge < -0.3 is 9.32 Å². The van der Waals surface area contributed by atoms with Crippen LogP contribution in [0.3, 0.4) is 0 Å². The van der Waals surface area contributed by atoms with Gasteiger partial charge in [-0.25, -0.2) is 0 Å². The third kappa shape index (κ3) is 3.19. The summed E-state index contributed by atoms with van der Waals surface area (Å²) in [5, 5.41) is 4.69. The molecule has 0 bridgehead atoms. The van der Waals surface area contributed by atoms with Crippen LogP contribution < -0.4 is 0 Å². The predicted octanol–water partition coefficient (Wildman–Crippen LogP) is 3.58. The highest BCUT2D eigenvalue weighted by Crippen LogP contribution is 2.22. The lowest BCUT2D eigenvalue weighted by Gasteiger charge is -2.34. The molecule has 0 radical (unpaired) electrons. The average molecular weight is 322 g/mol. The zero-order chi connectivity index (χ0) is 15.5. The Morgan fingerprint density at radius 2 is 2.32 bits per heavy atom. The Hall–Kier alpha value is -1.75. The monoisotopic (exact) mass is 321 g/mol. The van der Waals surface area contributed by atoms with Gasteiger partial charge in [0.2, 0.25) is 0 Å². The van der Waals surface area contributed by atoms with E-state index in [-0.39, 0.29) is 5.91 Å². The number of amides is 1. The smallest absolute Gasteiger partial charge is 0.289 e. The first-order chi connectivity index (χ1) is 10.7. The first-order valence-electron chi connectivity index (χ1n) is 7.75. The minimum Gasteiger partial charge on any atom is -0.454 e. The van der Waals surface area contributed by atoms with Crippen molar-refractivity contribution in [3.63, 3.8) is 0 Å². The maximum atomic E-state index is 12.6. The SMILES string of the molecule is CCC1CCCCN1C(=O)c1ccc(Cn2cc(Cl)cn2)o1. The summed E-state index contributed by atoms with van der Waals surface area (Å²) >= 11 is 5.84. The molecule has 0 aliphatic carbocycles. The highest BCUT2D eigenvalue weighted by molar-refractivity contribution is 6.30. The van der Waals surface area contributed by atoms with Crippen LogP contribution >= 0.6 is 11.6 Å². The lowest BCUT2D eigenvalue weighted by molar-refractivity contribution is 0.0573. The topological polar surface area (TPSA) is 51.3 Å². The maximum absolute atomic E-state index is 12.6. The Morgan fingerprint density at radius 1 is 1.45 bits per heavy atom. The Morgan fingerprint density at radius 3 is 3.05 bits per heavy atom. The molecule has 0 N–H and O–H groups in total. The highest BCUT2D eigenvalue weighted by Gasteiger charge is 2.27. The normalized spacial score (nSPS) is 18.6. The van der Waals surface area contributed by atoms with E-state index in [4.69, 9.17) is 16.0 Å². The number of likely N-dealkylation sites (tertiary alicyclic amines) is 1. The van der Waals surface area contributed by atoms with Gasteiger partial charge in [-0.15, -0.1) is 0 Å². The summed E-state index contributed by atoms with van der Waals surface area (Å²) in [7, 11) is 0. The number of hydrogen-bond acceptors (Lipinski definition) is 3. The zero-order valence-corrected chi connectivity index (χ0v) is 13.4. The molecule has 22 heavy (non-hydrogen) atoms. The van der Waals surface area contributed by atoms with E-state index in [0.29, 0.717) is 29.1 Å². The summed E-state index contributed by atoms with van der Waals surface area (Å²) in [4.78, 5) is 14.6. The number of furan rings is 1. The molecule has 118 valence electrons. The number of halogens is 1. The highest BCUT2D eigenvalue weighted by atomic mass is 35.5.